The van der Waals surface area contributed by atoms with Crippen molar-refractivity contribution in [3.05, 3.63) is 157 Å². The molecule has 3 heterocycles. The van der Waals surface area contributed by atoms with Crippen LogP contribution in [0, 0.1) is 12.1 Å². The Labute approximate surface area is 332 Å². The monoisotopic (exact) mass is 946 g/mol. The second kappa shape index (κ2) is 14.8. The number of hydrogen-bond acceptors (Lipinski definition) is 3. The number of rotatable bonds is 4. The van der Waals surface area contributed by atoms with Gasteiger partial charge in [0.25, 0.3) is 0 Å². The van der Waals surface area contributed by atoms with E-state index in [1.807, 2.05) is 47.9 Å². The van der Waals surface area contributed by atoms with Gasteiger partial charge in [0.15, 0.2) is 0 Å². The summed E-state index contributed by atoms with van der Waals surface area (Å²) >= 11 is 0.106. The maximum absolute atomic E-state index is 5.32. The van der Waals surface area contributed by atoms with E-state index in [1.165, 1.54) is 40.9 Å². The van der Waals surface area contributed by atoms with E-state index in [9.17, 15) is 0 Å². The predicted octanol–water partition coefficient (Wildman–Crippen LogP) is 12.4. The minimum Gasteiger partial charge on any atom is 0 e. The van der Waals surface area contributed by atoms with Gasteiger partial charge in [0.2, 0.25) is 0 Å². The van der Waals surface area contributed by atoms with Crippen molar-refractivity contribution in [1.29, 1.82) is 0 Å². The van der Waals surface area contributed by atoms with Gasteiger partial charge < -0.3 is 4.57 Å². The van der Waals surface area contributed by atoms with Gasteiger partial charge in [0, 0.05) is 35.9 Å². The number of nitrogens with zero attached hydrogens (tertiary/aromatic N) is 3. The van der Waals surface area contributed by atoms with Gasteiger partial charge in [-0.25, -0.2) is 0 Å². The van der Waals surface area contributed by atoms with Gasteiger partial charge in [0.1, 0.15) is 0 Å². The van der Waals surface area contributed by atoms with E-state index in [1.54, 1.807) is 0 Å². The van der Waals surface area contributed by atoms with Gasteiger partial charge in [-0.2, -0.15) is 11.3 Å². The van der Waals surface area contributed by atoms with Crippen LogP contribution in [0.1, 0.15) is 26.3 Å². The van der Waals surface area contributed by atoms with E-state index in [0.29, 0.717) is 0 Å². The number of benzene rings is 6. The number of aromatic nitrogens is 3. The SMILES string of the molecule is CC(C)(C)c1ccc(-n2c(-c3[c-]ccc4c3sc3ccccc34)nc3c4ccccc4ccc32)cc1.[CH3][Ge]([CH3])([CH3])[c]1ccc(-c2[c-]cccc2)nc1.[Ir]. The summed E-state index contributed by atoms with van der Waals surface area (Å²) in [5.74, 6) is 8.07. The maximum Gasteiger partial charge on any atom is 0 e. The second-order valence-electron chi connectivity index (χ2n) is 15.4. The molecule has 6 aromatic carbocycles. The number of pyridine rings is 1. The summed E-state index contributed by atoms with van der Waals surface area (Å²) in [5, 5.41) is 4.92. The third-order valence-corrected chi connectivity index (χ3v) is 15.2. The number of hydrogen-bond donors (Lipinski definition) is 0. The van der Waals surface area contributed by atoms with Crippen molar-refractivity contribution < 1.29 is 20.1 Å². The van der Waals surface area contributed by atoms with Crippen molar-refractivity contribution in [3.8, 4) is 28.3 Å². The summed E-state index contributed by atoms with van der Waals surface area (Å²) in [5.41, 5.74) is 7.79. The van der Waals surface area contributed by atoms with E-state index in [0.717, 1.165) is 39.4 Å². The van der Waals surface area contributed by atoms with Crippen molar-refractivity contribution in [3.63, 3.8) is 0 Å². The van der Waals surface area contributed by atoms with Crippen molar-refractivity contribution in [2.24, 2.45) is 0 Å². The fourth-order valence-electron chi connectivity index (χ4n) is 6.76. The van der Waals surface area contributed by atoms with Gasteiger partial charge in [0.05, 0.1) is 16.9 Å². The Morgan fingerprint density at radius 1 is 0.679 bits per heavy atom. The first kappa shape index (κ1) is 36.9. The summed E-state index contributed by atoms with van der Waals surface area (Å²) < 4.78 is 6.27. The van der Waals surface area contributed by atoms with Gasteiger partial charge in [-0.3, -0.25) is 4.98 Å². The molecule has 0 spiro atoms. The molecule has 0 fully saturated rings. The normalized spacial score (nSPS) is 11.8. The molecule has 0 unspecified atom stereocenters. The zero-order chi connectivity index (χ0) is 36.0. The first-order valence-corrected chi connectivity index (χ1v) is 26.0. The molecule has 0 amide bonds. The zero-order valence-electron chi connectivity index (χ0n) is 30.9. The minimum atomic E-state index is -1.72. The summed E-state index contributed by atoms with van der Waals surface area (Å²) in [6.07, 6.45) is 2.04. The van der Waals surface area contributed by atoms with Crippen LogP contribution >= 0.6 is 11.3 Å². The molecular formula is C47H41GeIrN3S-2. The van der Waals surface area contributed by atoms with Gasteiger partial charge in [-0.15, -0.1) is 18.2 Å². The average Bonchev–Trinajstić information content (AvgIpc) is 3.74. The van der Waals surface area contributed by atoms with E-state index in [4.69, 9.17) is 4.98 Å². The standard InChI is InChI=1S/C33H25N2S.C14H16GeN.Ir/c1-33(2,3)22-16-18-23(19-17-22)35-28-20-15-21-9-4-5-10-24(21)30(28)34-32(35)27-13-8-12-26-25-11-6-7-14-29(25)36-31(26)27;1-15(2,3)13-9-10-14(16-11-13)12-7-5-4-6-8-12;/h4-12,14-20H,1-3H3;4-7,9-11H,1-3H3;/q2*-1;. The summed E-state index contributed by atoms with van der Waals surface area (Å²) in [7, 11) is 0. The van der Waals surface area contributed by atoms with Crippen LogP contribution in [-0.2, 0) is 25.5 Å². The Morgan fingerprint density at radius 3 is 2.11 bits per heavy atom. The van der Waals surface area contributed by atoms with Gasteiger partial charge in [-0.1, -0.05) is 92.4 Å². The first-order chi connectivity index (χ1) is 25.1. The molecule has 9 rings (SSSR count). The van der Waals surface area contributed by atoms with Crippen molar-refractivity contribution in [1.82, 2.24) is 14.5 Å². The molecule has 0 atom stereocenters. The van der Waals surface area contributed by atoms with Gasteiger partial charge in [-0.05, 0) is 50.7 Å². The fourth-order valence-corrected chi connectivity index (χ4v) is 10.1. The largest absolute Gasteiger partial charge is 0 e. The van der Waals surface area contributed by atoms with Crippen LogP contribution in [0.3, 0.4) is 0 Å². The molecule has 0 saturated heterocycles. The van der Waals surface area contributed by atoms with Gasteiger partial charge >= 0.3 is 99.8 Å². The smallest absolute Gasteiger partial charge is 0 e. The van der Waals surface area contributed by atoms with E-state index >= 15 is 0 Å². The average molecular weight is 945 g/mol. The Kier molecular flexibility index (Phi) is 10.3. The summed E-state index contributed by atoms with van der Waals surface area (Å²) in [4.78, 5) is 9.85. The number of imidazole rings is 1. The van der Waals surface area contributed by atoms with E-state index in [2.05, 4.69) is 163 Å². The Morgan fingerprint density at radius 2 is 1.42 bits per heavy atom. The van der Waals surface area contributed by atoms with Crippen LogP contribution in [0.4, 0.5) is 0 Å². The Balaban J connectivity index is 0.000000216. The van der Waals surface area contributed by atoms with E-state index in [-0.39, 0.29) is 25.5 Å². The molecule has 0 N–H and O–H groups in total. The quantitative estimate of drug-likeness (QED) is 0.130. The first-order valence-electron chi connectivity index (χ1n) is 17.8. The molecule has 0 aliphatic carbocycles. The zero-order valence-corrected chi connectivity index (χ0v) is 36.2. The van der Waals surface area contributed by atoms with E-state index < -0.39 is 13.3 Å². The van der Waals surface area contributed by atoms with Crippen LogP contribution in [0.2, 0.25) is 17.3 Å². The topological polar surface area (TPSA) is 30.7 Å². The summed E-state index contributed by atoms with van der Waals surface area (Å²) in [6.45, 7) is 6.76. The third-order valence-electron chi connectivity index (χ3n) is 9.72. The molecule has 0 saturated carbocycles. The second-order valence-corrected chi connectivity index (χ2v) is 27.1. The Hall–Kier alpha value is -4.39. The van der Waals surface area contributed by atoms with Crippen LogP contribution in [0.25, 0.3) is 70.3 Å². The molecule has 265 valence electrons. The Bertz CT molecular complexity index is 2680. The van der Waals surface area contributed by atoms with Crippen molar-refractivity contribution >= 4 is 71.0 Å². The molecule has 3 aromatic heterocycles. The van der Waals surface area contributed by atoms with Crippen LogP contribution in [0.15, 0.2) is 140 Å². The maximum atomic E-state index is 5.32. The van der Waals surface area contributed by atoms with Crippen LogP contribution < -0.4 is 4.40 Å². The summed E-state index contributed by atoms with van der Waals surface area (Å²) in [6, 6.07) is 53.8. The third kappa shape index (κ3) is 7.28. The molecule has 0 aliphatic rings. The fraction of sp³-hybridized carbons (Fsp3) is 0.149. The molecule has 1 radical (unpaired) electrons. The molecule has 53 heavy (non-hydrogen) atoms. The molecular weight excluding hydrogens is 903 g/mol. The predicted molar refractivity (Wildman–Crippen MR) is 226 cm³/mol. The van der Waals surface area contributed by atoms with Crippen LogP contribution in [-0.4, -0.2) is 27.8 Å². The van der Waals surface area contributed by atoms with Crippen molar-refractivity contribution in [2.75, 3.05) is 0 Å². The number of thiophene rings is 1. The molecule has 9 aromatic rings. The van der Waals surface area contributed by atoms with Crippen LogP contribution in [0.5, 0.6) is 0 Å². The molecule has 6 heteroatoms. The van der Waals surface area contributed by atoms with Crippen molar-refractivity contribution in [2.45, 2.75) is 43.5 Å². The molecule has 0 bridgehead atoms. The molecule has 3 nitrogen and oxygen atoms in total. The number of fused-ring (bicyclic) bond motifs is 6. The minimum absolute atomic E-state index is 0. The molecule has 0 aliphatic heterocycles.